The van der Waals surface area contributed by atoms with E-state index in [-0.39, 0.29) is 24.8 Å². The van der Waals surface area contributed by atoms with Crippen molar-refractivity contribution in [2.75, 3.05) is 12.1 Å². The number of hydrogen-bond acceptors (Lipinski definition) is 11. The van der Waals surface area contributed by atoms with Gasteiger partial charge < -0.3 is 18.9 Å². The fourth-order valence-electron chi connectivity index (χ4n) is 3.05. The van der Waals surface area contributed by atoms with Gasteiger partial charge in [0.25, 0.3) is 0 Å². The van der Waals surface area contributed by atoms with Gasteiger partial charge in [0, 0.05) is 24.8 Å². The van der Waals surface area contributed by atoms with Crippen molar-refractivity contribution < 1.29 is 38.5 Å². The van der Waals surface area contributed by atoms with E-state index in [4.69, 9.17) is 24.2 Å². The molecule has 2 aliphatic rings. The SMILES string of the molecule is CC(C)CC(=O)OC[C@H]1O[C@@H](n2ccc(NO)nc2=O)[C@@H]2OC(=O)/C=C\C(=O)OC21. The third-order valence-corrected chi connectivity index (χ3v) is 4.35. The van der Waals surface area contributed by atoms with Gasteiger partial charge in [-0.05, 0) is 12.0 Å². The Morgan fingerprint density at radius 2 is 1.90 bits per heavy atom. The molecule has 4 atom stereocenters. The minimum Gasteiger partial charge on any atom is -0.463 e. The fourth-order valence-corrected chi connectivity index (χ4v) is 3.05. The van der Waals surface area contributed by atoms with Crippen LogP contribution in [0.5, 0.6) is 0 Å². The molecule has 1 fully saturated rings. The van der Waals surface area contributed by atoms with E-state index in [1.54, 1.807) is 5.48 Å². The van der Waals surface area contributed by atoms with Crippen LogP contribution in [-0.2, 0) is 33.3 Å². The third kappa shape index (κ3) is 4.83. The van der Waals surface area contributed by atoms with Crippen molar-refractivity contribution in [3.63, 3.8) is 0 Å². The third-order valence-electron chi connectivity index (χ3n) is 4.35. The van der Waals surface area contributed by atoms with Gasteiger partial charge in [-0.15, -0.1) is 0 Å². The highest BCUT2D eigenvalue weighted by molar-refractivity contribution is 5.92. The maximum absolute atomic E-state index is 12.3. The lowest BCUT2D eigenvalue weighted by molar-refractivity contribution is -0.165. The van der Waals surface area contributed by atoms with Crippen LogP contribution in [0.2, 0.25) is 0 Å². The van der Waals surface area contributed by atoms with Crippen molar-refractivity contribution in [1.82, 2.24) is 9.55 Å². The normalized spacial score (nSPS) is 26.8. The van der Waals surface area contributed by atoms with E-state index in [1.807, 2.05) is 13.8 Å². The first-order valence-corrected chi connectivity index (χ1v) is 9.18. The molecule has 1 aromatic rings. The number of ether oxygens (including phenoxy) is 4. The number of rotatable bonds is 6. The van der Waals surface area contributed by atoms with Gasteiger partial charge in [0.2, 0.25) is 0 Å². The quantitative estimate of drug-likeness (QED) is 0.359. The highest BCUT2D eigenvalue weighted by atomic mass is 16.7. The largest absolute Gasteiger partial charge is 0.463 e. The molecule has 1 unspecified atom stereocenters. The Hall–Kier alpha value is -3.25. The number of fused-ring (bicyclic) bond motifs is 1. The average molecular weight is 423 g/mol. The van der Waals surface area contributed by atoms with E-state index < -0.39 is 48.1 Å². The van der Waals surface area contributed by atoms with Gasteiger partial charge in [0.1, 0.15) is 12.7 Å². The summed E-state index contributed by atoms with van der Waals surface area (Å²) >= 11 is 0. The Bertz CT molecular complexity index is 910. The molecule has 3 rings (SSSR count). The van der Waals surface area contributed by atoms with E-state index >= 15 is 0 Å². The van der Waals surface area contributed by atoms with Crippen molar-refractivity contribution in [3.05, 3.63) is 34.9 Å². The van der Waals surface area contributed by atoms with Crippen molar-refractivity contribution in [1.29, 1.82) is 0 Å². The number of carbonyl (C=O) groups excluding carboxylic acids is 3. The molecule has 162 valence electrons. The van der Waals surface area contributed by atoms with Crippen LogP contribution in [0.1, 0.15) is 26.5 Å². The van der Waals surface area contributed by atoms with Gasteiger partial charge in [0.15, 0.2) is 24.3 Å². The van der Waals surface area contributed by atoms with Crippen LogP contribution in [0.15, 0.2) is 29.2 Å². The fraction of sp³-hybridized carbons (Fsp3) is 0.500. The Morgan fingerprint density at radius 3 is 2.50 bits per heavy atom. The number of esters is 3. The van der Waals surface area contributed by atoms with Crippen molar-refractivity contribution in [2.24, 2.45) is 5.92 Å². The predicted octanol–water partition coefficient (Wildman–Crippen LogP) is -0.0755. The zero-order valence-electron chi connectivity index (χ0n) is 16.2. The van der Waals surface area contributed by atoms with Crippen LogP contribution in [0, 0.1) is 5.92 Å². The van der Waals surface area contributed by atoms with E-state index in [2.05, 4.69) is 4.98 Å². The Morgan fingerprint density at radius 1 is 1.23 bits per heavy atom. The molecule has 0 aliphatic carbocycles. The number of aromatic nitrogens is 2. The van der Waals surface area contributed by atoms with Crippen LogP contribution >= 0.6 is 0 Å². The van der Waals surface area contributed by atoms with Gasteiger partial charge in [-0.25, -0.2) is 14.4 Å². The molecule has 0 radical (unpaired) electrons. The molecule has 12 nitrogen and oxygen atoms in total. The molecule has 0 saturated carbocycles. The zero-order valence-corrected chi connectivity index (χ0v) is 16.2. The number of hydrogen-bond donors (Lipinski definition) is 2. The van der Waals surface area contributed by atoms with Crippen LogP contribution in [-0.4, -0.2) is 57.6 Å². The second-order valence-corrected chi connectivity index (χ2v) is 7.10. The molecule has 0 amide bonds. The van der Waals surface area contributed by atoms with E-state index in [9.17, 15) is 19.2 Å². The number of carbonyl (C=O) groups is 3. The molecular weight excluding hydrogens is 402 g/mol. The summed E-state index contributed by atoms with van der Waals surface area (Å²) in [6.07, 6.45) is -1.30. The summed E-state index contributed by atoms with van der Waals surface area (Å²) < 4.78 is 22.7. The molecule has 2 N–H and O–H groups in total. The summed E-state index contributed by atoms with van der Waals surface area (Å²) in [7, 11) is 0. The lowest BCUT2D eigenvalue weighted by Crippen LogP contribution is -2.43. The molecule has 1 aromatic heterocycles. The van der Waals surface area contributed by atoms with Gasteiger partial charge in [0.05, 0.1) is 0 Å². The minimum absolute atomic E-state index is 0.0797. The second kappa shape index (κ2) is 9.05. The van der Waals surface area contributed by atoms with Crippen molar-refractivity contribution in [3.8, 4) is 0 Å². The Kier molecular flexibility index (Phi) is 6.47. The van der Waals surface area contributed by atoms with Gasteiger partial charge in [-0.3, -0.25) is 20.0 Å². The van der Waals surface area contributed by atoms with Crippen molar-refractivity contribution in [2.45, 2.75) is 44.8 Å². The van der Waals surface area contributed by atoms with Crippen LogP contribution in [0.25, 0.3) is 0 Å². The zero-order chi connectivity index (χ0) is 21.8. The van der Waals surface area contributed by atoms with E-state index in [0.29, 0.717) is 0 Å². The average Bonchev–Trinajstić information content (AvgIpc) is 2.99. The molecule has 0 spiro atoms. The lowest BCUT2D eigenvalue weighted by Gasteiger charge is -2.25. The molecule has 30 heavy (non-hydrogen) atoms. The topological polar surface area (TPSA) is 155 Å². The molecule has 2 aliphatic heterocycles. The van der Waals surface area contributed by atoms with E-state index in [1.165, 1.54) is 12.3 Å². The van der Waals surface area contributed by atoms with Crippen LogP contribution in [0.4, 0.5) is 5.82 Å². The molecular formula is C18H21N3O9. The minimum atomic E-state index is -1.21. The maximum atomic E-state index is 12.3. The first kappa shape index (κ1) is 21.5. The van der Waals surface area contributed by atoms with E-state index in [0.717, 1.165) is 16.7 Å². The van der Waals surface area contributed by atoms with Crippen LogP contribution in [0.3, 0.4) is 0 Å². The molecule has 1 saturated heterocycles. The van der Waals surface area contributed by atoms with Gasteiger partial charge in [-0.1, -0.05) is 13.8 Å². The lowest BCUT2D eigenvalue weighted by atomic mass is 10.1. The summed E-state index contributed by atoms with van der Waals surface area (Å²) in [5.74, 6) is -2.14. The number of nitrogens with one attached hydrogen (secondary N) is 1. The molecule has 3 heterocycles. The first-order chi connectivity index (χ1) is 14.3. The monoisotopic (exact) mass is 423 g/mol. The Labute approximate surface area is 170 Å². The molecule has 0 bridgehead atoms. The number of nitrogens with zero attached hydrogens (tertiary/aromatic N) is 2. The Balaban J connectivity index is 1.88. The van der Waals surface area contributed by atoms with Crippen LogP contribution < -0.4 is 11.2 Å². The molecule has 0 aromatic carbocycles. The standard InChI is InChI=1S/C18H21N3O9/c1-9(2)7-14(24)27-8-10-15-16(30-13(23)4-3-12(22)29-15)17(28-10)21-6-5-11(20-26)19-18(21)25/h3-6,9-10,15-17,26H,7-8H2,1-2H3,(H,19,20,25)/b4-3-/t10-,15?,16-,17-/m1/s1. The summed E-state index contributed by atoms with van der Waals surface area (Å²) in [4.78, 5) is 51.8. The van der Waals surface area contributed by atoms with Crippen molar-refractivity contribution >= 4 is 23.7 Å². The summed E-state index contributed by atoms with van der Waals surface area (Å²) in [6.45, 7) is 3.42. The summed E-state index contributed by atoms with van der Waals surface area (Å²) in [6, 6.07) is 1.28. The number of anilines is 1. The summed E-state index contributed by atoms with van der Waals surface area (Å²) in [5, 5.41) is 8.89. The van der Waals surface area contributed by atoms with Gasteiger partial charge in [-0.2, -0.15) is 4.98 Å². The maximum Gasteiger partial charge on any atom is 0.351 e. The summed E-state index contributed by atoms with van der Waals surface area (Å²) in [5.41, 5.74) is 0.920. The second-order valence-electron chi connectivity index (χ2n) is 7.10. The first-order valence-electron chi connectivity index (χ1n) is 9.18. The highest BCUT2D eigenvalue weighted by Crippen LogP contribution is 2.34. The predicted molar refractivity (Wildman–Crippen MR) is 97.1 cm³/mol. The smallest absolute Gasteiger partial charge is 0.351 e. The highest BCUT2D eigenvalue weighted by Gasteiger charge is 2.51. The van der Waals surface area contributed by atoms with Gasteiger partial charge >= 0.3 is 23.6 Å². The molecule has 12 heteroatoms.